The van der Waals surface area contributed by atoms with Gasteiger partial charge in [-0.3, -0.25) is 0 Å². The summed E-state index contributed by atoms with van der Waals surface area (Å²) < 4.78 is 37.2. The molecular formula is C10H7F3N2O2. The van der Waals surface area contributed by atoms with Gasteiger partial charge < -0.3 is 5.11 Å². The van der Waals surface area contributed by atoms with Crippen LogP contribution in [0.25, 0.3) is 0 Å². The smallest absolute Gasteiger partial charge is 0.434 e. The summed E-state index contributed by atoms with van der Waals surface area (Å²) >= 11 is 0. The molecule has 1 heterocycles. The number of allylic oxidation sites excluding steroid dienone is 3. The monoisotopic (exact) mass is 244 g/mol. The number of carbonyl (C=O) groups is 1. The van der Waals surface area contributed by atoms with Gasteiger partial charge in [0.1, 0.15) is 0 Å². The fourth-order valence-corrected chi connectivity index (χ4v) is 1.68. The van der Waals surface area contributed by atoms with Crippen molar-refractivity contribution in [3.8, 4) is 0 Å². The van der Waals surface area contributed by atoms with Crippen LogP contribution >= 0.6 is 0 Å². The van der Waals surface area contributed by atoms with E-state index in [1.165, 1.54) is 12.2 Å². The van der Waals surface area contributed by atoms with Crippen LogP contribution in [-0.4, -0.2) is 22.8 Å². The molecule has 0 bridgehead atoms. The Morgan fingerprint density at radius 1 is 1.35 bits per heavy atom. The highest BCUT2D eigenvalue weighted by molar-refractivity contribution is 5.84. The van der Waals surface area contributed by atoms with Crippen LogP contribution in [0.4, 0.5) is 13.2 Å². The van der Waals surface area contributed by atoms with E-state index in [0.717, 1.165) is 0 Å². The van der Waals surface area contributed by atoms with Crippen LogP contribution in [0, 0.1) is 5.92 Å². The third kappa shape index (κ3) is 1.77. The topological polar surface area (TPSA) is 62.0 Å². The lowest BCUT2D eigenvalue weighted by Gasteiger charge is -2.21. The van der Waals surface area contributed by atoms with Gasteiger partial charge in [-0.2, -0.15) is 18.3 Å². The molecule has 1 atom stereocenters. The van der Waals surface area contributed by atoms with E-state index < -0.39 is 29.3 Å². The summed E-state index contributed by atoms with van der Waals surface area (Å²) in [6, 6.07) is 0. The van der Waals surface area contributed by atoms with Crippen molar-refractivity contribution in [2.24, 2.45) is 16.1 Å². The van der Waals surface area contributed by atoms with Gasteiger partial charge in [0, 0.05) is 5.92 Å². The zero-order chi connectivity index (χ0) is 12.7. The number of alkyl halides is 3. The van der Waals surface area contributed by atoms with Crippen LogP contribution in [0.15, 0.2) is 46.3 Å². The fraction of sp³-hybridized carbons (Fsp3) is 0.300. The molecule has 2 rings (SSSR count). The first-order valence-electron chi connectivity index (χ1n) is 4.67. The number of rotatable bonds is 2. The van der Waals surface area contributed by atoms with Crippen LogP contribution < -0.4 is 0 Å². The Kier molecular flexibility index (Phi) is 2.41. The average Bonchev–Trinajstić information content (AvgIpc) is 2.86. The molecule has 0 aromatic carbocycles. The molecule has 1 N–H and O–H groups in total. The van der Waals surface area contributed by atoms with Crippen molar-refractivity contribution in [3.05, 3.63) is 36.1 Å². The molecule has 0 saturated heterocycles. The highest BCUT2D eigenvalue weighted by Crippen LogP contribution is 2.40. The molecule has 90 valence electrons. The molecule has 4 nitrogen and oxygen atoms in total. The third-order valence-corrected chi connectivity index (χ3v) is 2.57. The van der Waals surface area contributed by atoms with Gasteiger partial charge in [0.25, 0.3) is 0 Å². The molecule has 1 aliphatic heterocycles. The van der Waals surface area contributed by atoms with Crippen LogP contribution in [0.1, 0.15) is 0 Å². The lowest BCUT2D eigenvalue weighted by atomic mass is 9.85. The second kappa shape index (κ2) is 3.54. The number of carboxylic acids is 1. The van der Waals surface area contributed by atoms with E-state index in [1.807, 2.05) is 0 Å². The van der Waals surface area contributed by atoms with Gasteiger partial charge in [0.15, 0.2) is 5.70 Å². The number of aliphatic carboxylic acids is 1. The van der Waals surface area contributed by atoms with Crippen molar-refractivity contribution >= 4 is 5.97 Å². The second-order valence-corrected chi connectivity index (χ2v) is 3.65. The van der Waals surface area contributed by atoms with Crippen molar-refractivity contribution < 1.29 is 23.1 Å². The molecule has 2 aliphatic rings. The summed E-state index contributed by atoms with van der Waals surface area (Å²) in [4.78, 5) is 11.1. The zero-order valence-corrected chi connectivity index (χ0v) is 8.35. The van der Waals surface area contributed by atoms with Gasteiger partial charge in [-0.15, -0.1) is 5.11 Å². The molecule has 0 saturated carbocycles. The van der Waals surface area contributed by atoms with Crippen LogP contribution in [-0.2, 0) is 4.79 Å². The Morgan fingerprint density at radius 2 is 1.94 bits per heavy atom. The first kappa shape index (κ1) is 11.6. The lowest BCUT2D eigenvalue weighted by Crippen LogP contribution is -2.39. The predicted molar refractivity (Wildman–Crippen MR) is 51.1 cm³/mol. The maximum atomic E-state index is 12.4. The molecule has 0 spiro atoms. The largest absolute Gasteiger partial charge is 0.479 e. The number of carboxylic acid groups (broad SMARTS) is 1. The van der Waals surface area contributed by atoms with Crippen molar-refractivity contribution in [1.82, 2.24) is 0 Å². The third-order valence-electron chi connectivity index (χ3n) is 2.57. The first-order valence-corrected chi connectivity index (χ1v) is 4.67. The van der Waals surface area contributed by atoms with Crippen LogP contribution in [0.3, 0.4) is 0 Å². The lowest BCUT2D eigenvalue weighted by molar-refractivity contribution is -0.142. The highest BCUT2D eigenvalue weighted by atomic mass is 19.4. The first-order chi connectivity index (χ1) is 7.86. The van der Waals surface area contributed by atoms with E-state index in [0.29, 0.717) is 6.08 Å². The maximum absolute atomic E-state index is 12.4. The molecule has 1 aliphatic carbocycles. The summed E-state index contributed by atoms with van der Waals surface area (Å²) in [5, 5.41) is 15.3. The summed E-state index contributed by atoms with van der Waals surface area (Å²) in [7, 11) is 0. The molecule has 0 radical (unpaired) electrons. The van der Waals surface area contributed by atoms with Gasteiger partial charge in [0.2, 0.25) is 5.54 Å². The van der Waals surface area contributed by atoms with Crippen LogP contribution in [0.5, 0.6) is 0 Å². The number of hydrogen-bond acceptors (Lipinski definition) is 3. The Balaban J connectivity index is 2.44. The summed E-state index contributed by atoms with van der Waals surface area (Å²) in [6.07, 6.45) is 1.94. The zero-order valence-electron chi connectivity index (χ0n) is 8.35. The summed E-state index contributed by atoms with van der Waals surface area (Å²) in [5.41, 5.74) is -3.25. The number of azo groups is 1. The van der Waals surface area contributed by atoms with Crippen molar-refractivity contribution in [3.63, 3.8) is 0 Å². The molecule has 0 fully saturated rings. The normalized spacial score (nSPS) is 27.8. The standard InChI is InChI=1S/C10H7F3N2O2/c11-10(12,13)7-5-9(8(16)17,15-14-7)6-3-1-2-4-6/h1-6H,(H,16,17). The van der Waals surface area contributed by atoms with E-state index in [4.69, 9.17) is 5.11 Å². The number of halogens is 3. The van der Waals surface area contributed by atoms with Gasteiger partial charge in [-0.05, 0) is 6.08 Å². The van der Waals surface area contributed by atoms with E-state index in [-0.39, 0.29) is 0 Å². The van der Waals surface area contributed by atoms with E-state index in [9.17, 15) is 18.0 Å². The van der Waals surface area contributed by atoms with E-state index in [2.05, 4.69) is 10.2 Å². The number of hydrogen-bond donors (Lipinski definition) is 1. The van der Waals surface area contributed by atoms with Crippen LogP contribution in [0.2, 0.25) is 0 Å². The van der Waals surface area contributed by atoms with Gasteiger partial charge in [-0.1, -0.05) is 24.3 Å². The van der Waals surface area contributed by atoms with Crippen molar-refractivity contribution in [1.29, 1.82) is 0 Å². The van der Waals surface area contributed by atoms with E-state index in [1.54, 1.807) is 12.2 Å². The minimum absolute atomic E-state index is 0.556. The minimum Gasteiger partial charge on any atom is -0.479 e. The molecule has 1 unspecified atom stereocenters. The van der Waals surface area contributed by atoms with E-state index >= 15 is 0 Å². The van der Waals surface area contributed by atoms with Crippen molar-refractivity contribution in [2.75, 3.05) is 0 Å². The Hall–Kier alpha value is -1.92. The van der Waals surface area contributed by atoms with Gasteiger partial charge >= 0.3 is 12.1 Å². The van der Waals surface area contributed by atoms with Gasteiger partial charge in [-0.25, -0.2) is 4.79 Å². The average molecular weight is 244 g/mol. The van der Waals surface area contributed by atoms with Gasteiger partial charge in [0.05, 0.1) is 0 Å². The SMILES string of the molecule is O=C(O)C1(C2C=CC=C2)C=C(C(F)(F)F)N=N1. The Bertz CT molecular complexity index is 464. The summed E-state index contributed by atoms with van der Waals surface area (Å²) in [5.74, 6) is -2.20. The molecule has 0 aromatic rings. The molecule has 17 heavy (non-hydrogen) atoms. The Labute approximate surface area is 93.8 Å². The van der Waals surface area contributed by atoms with Crippen molar-refractivity contribution in [2.45, 2.75) is 11.7 Å². The Morgan fingerprint density at radius 3 is 2.35 bits per heavy atom. The quantitative estimate of drug-likeness (QED) is 0.810. The number of nitrogens with zero attached hydrogens (tertiary/aromatic N) is 2. The molecule has 0 aromatic heterocycles. The minimum atomic E-state index is -4.69. The molecule has 0 amide bonds. The summed E-state index contributed by atoms with van der Waals surface area (Å²) in [6.45, 7) is 0. The molecular weight excluding hydrogens is 237 g/mol. The molecule has 7 heteroatoms. The second-order valence-electron chi connectivity index (χ2n) is 3.65. The fourth-order valence-electron chi connectivity index (χ4n) is 1.68. The predicted octanol–water partition coefficient (Wildman–Crippen LogP) is 2.46. The highest BCUT2D eigenvalue weighted by Gasteiger charge is 2.50. The maximum Gasteiger partial charge on any atom is 0.434 e.